The maximum atomic E-state index is 12.9. The Kier molecular flexibility index (Phi) is 5.39. The third-order valence-electron chi connectivity index (χ3n) is 2.55. The van der Waals surface area contributed by atoms with Crippen molar-refractivity contribution in [1.82, 2.24) is 5.32 Å². The van der Waals surface area contributed by atoms with Crippen LogP contribution < -0.4 is 5.32 Å². The molecule has 0 heterocycles. The Balaban J connectivity index is 2.43. The van der Waals surface area contributed by atoms with Gasteiger partial charge in [-0.15, -0.1) is 0 Å². The summed E-state index contributed by atoms with van der Waals surface area (Å²) in [6.45, 7) is 5.17. The average Bonchev–Trinajstić information content (AvgIpc) is 2.24. The molecule has 1 unspecified atom stereocenters. The van der Waals surface area contributed by atoms with Gasteiger partial charge >= 0.3 is 0 Å². The van der Waals surface area contributed by atoms with Crippen molar-refractivity contribution < 1.29 is 8.78 Å². The van der Waals surface area contributed by atoms with Crippen molar-refractivity contribution in [3.05, 3.63) is 35.4 Å². The summed E-state index contributed by atoms with van der Waals surface area (Å²) in [5.41, 5.74) is 0.829. The van der Waals surface area contributed by atoms with Crippen molar-refractivity contribution in [3.63, 3.8) is 0 Å². The Morgan fingerprint density at radius 3 is 2.62 bits per heavy atom. The Morgan fingerprint density at radius 2 is 2.00 bits per heavy atom. The normalized spacial score (nSPS) is 12.8. The van der Waals surface area contributed by atoms with Crippen LogP contribution in [0.25, 0.3) is 0 Å². The molecule has 0 saturated heterocycles. The highest BCUT2D eigenvalue weighted by molar-refractivity contribution is 5.18. The Hall–Kier alpha value is -0.960. The fourth-order valence-corrected chi connectivity index (χ4v) is 1.62. The molecule has 1 aromatic carbocycles. The van der Waals surface area contributed by atoms with Crippen LogP contribution in [0.5, 0.6) is 0 Å². The zero-order valence-electron chi connectivity index (χ0n) is 9.89. The lowest BCUT2D eigenvalue weighted by atomic mass is 10.1. The molecule has 0 bridgehead atoms. The molecule has 0 aliphatic heterocycles. The molecule has 0 amide bonds. The number of hydrogen-bond donors (Lipinski definition) is 1. The van der Waals surface area contributed by atoms with Crippen LogP contribution in [0.4, 0.5) is 8.78 Å². The van der Waals surface area contributed by atoms with Crippen molar-refractivity contribution in [2.45, 2.75) is 39.2 Å². The number of unbranched alkanes of at least 4 members (excludes halogenated alkanes) is 1. The monoisotopic (exact) mass is 227 g/mol. The van der Waals surface area contributed by atoms with Gasteiger partial charge in [-0.25, -0.2) is 8.78 Å². The van der Waals surface area contributed by atoms with Gasteiger partial charge in [0, 0.05) is 6.04 Å². The quantitative estimate of drug-likeness (QED) is 0.735. The van der Waals surface area contributed by atoms with E-state index < -0.39 is 11.6 Å². The van der Waals surface area contributed by atoms with Gasteiger partial charge in [-0.1, -0.05) is 19.4 Å². The first kappa shape index (κ1) is 13.1. The second kappa shape index (κ2) is 6.59. The zero-order valence-corrected chi connectivity index (χ0v) is 9.89. The molecule has 0 aromatic heterocycles. The Bertz CT molecular complexity index is 326. The van der Waals surface area contributed by atoms with E-state index in [0.29, 0.717) is 0 Å². The Morgan fingerprint density at radius 1 is 1.25 bits per heavy atom. The number of halogens is 2. The molecular formula is C13H19F2N. The van der Waals surface area contributed by atoms with Gasteiger partial charge in [0.2, 0.25) is 0 Å². The van der Waals surface area contributed by atoms with Gasteiger partial charge in [0.1, 0.15) is 0 Å². The highest BCUT2D eigenvalue weighted by Crippen LogP contribution is 2.10. The van der Waals surface area contributed by atoms with Crippen LogP contribution in [0.1, 0.15) is 32.3 Å². The third kappa shape index (κ3) is 4.27. The first-order chi connectivity index (χ1) is 7.63. The van der Waals surface area contributed by atoms with Gasteiger partial charge in [0.05, 0.1) is 0 Å². The van der Waals surface area contributed by atoms with Gasteiger partial charge in [-0.2, -0.15) is 0 Å². The first-order valence-electron chi connectivity index (χ1n) is 5.80. The zero-order chi connectivity index (χ0) is 12.0. The number of hydrogen-bond acceptors (Lipinski definition) is 1. The summed E-state index contributed by atoms with van der Waals surface area (Å²) in [6.07, 6.45) is 3.02. The summed E-state index contributed by atoms with van der Waals surface area (Å²) in [7, 11) is 0. The van der Waals surface area contributed by atoms with E-state index in [1.54, 1.807) is 6.07 Å². The highest BCUT2D eigenvalue weighted by Gasteiger charge is 2.06. The van der Waals surface area contributed by atoms with Crippen LogP contribution in [0.15, 0.2) is 18.2 Å². The van der Waals surface area contributed by atoms with Crippen LogP contribution in [0, 0.1) is 11.6 Å². The standard InChI is InChI=1S/C13H19F2N/c1-3-4-7-16-10(2)8-11-5-6-12(14)13(15)9-11/h5-6,9-10,16H,3-4,7-8H2,1-2H3. The number of benzene rings is 1. The SMILES string of the molecule is CCCCNC(C)Cc1ccc(F)c(F)c1. The number of nitrogens with one attached hydrogen (secondary N) is 1. The van der Waals surface area contributed by atoms with Crippen LogP contribution in [0.3, 0.4) is 0 Å². The van der Waals surface area contributed by atoms with Crippen molar-refractivity contribution in [2.75, 3.05) is 6.54 Å². The molecule has 0 saturated carbocycles. The largest absolute Gasteiger partial charge is 0.314 e. The van der Waals surface area contributed by atoms with Gasteiger partial charge in [0.25, 0.3) is 0 Å². The molecule has 90 valence electrons. The van der Waals surface area contributed by atoms with Crippen LogP contribution in [0.2, 0.25) is 0 Å². The highest BCUT2D eigenvalue weighted by atomic mass is 19.2. The fourth-order valence-electron chi connectivity index (χ4n) is 1.62. The van der Waals surface area contributed by atoms with E-state index in [0.717, 1.165) is 31.4 Å². The molecule has 3 heteroatoms. The van der Waals surface area contributed by atoms with Crippen LogP contribution >= 0.6 is 0 Å². The van der Waals surface area contributed by atoms with Crippen molar-refractivity contribution in [3.8, 4) is 0 Å². The van der Waals surface area contributed by atoms with Gasteiger partial charge < -0.3 is 5.32 Å². The second-order valence-electron chi connectivity index (χ2n) is 4.16. The lowest BCUT2D eigenvalue weighted by molar-refractivity contribution is 0.501. The molecular weight excluding hydrogens is 208 g/mol. The minimum atomic E-state index is -0.782. The van der Waals surface area contributed by atoms with Crippen LogP contribution in [-0.2, 0) is 6.42 Å². The van der Waals surface area contributed by atoms with E-state index >= 15 is 0 Å². The average molecular weight is 227 g/mol. The van der Waals surface area contributed by atoms with E-state index in [2.05, 4.69) is 19.2 Å². The van der Waals surface area contributed by atoms with E-state index in [1.165, 1.54) is 12.1 Å². The minimum absolute atomic E-state index is 0.288. The van der Waals surface area contributed by atoms with E-state index in [-0.39, 0.29) is 6.04 Å². The summed E-state index contributed by atoms with van der Waals surface area (Å²) < 4.78 is 25.6. The maximum Gasteiger partial charge on any atom is 0.159 e. The topological polar surface area (TPSA) is 12.0 Å². The van der Waals surface area contributed by atoms with Gasteiger partial charge in [-0.3, -0.25) is 0 Å². The van der Waals surface area contributed by atoms with Crippen molar-refractivity contribution >= 4 is 0 Å². The first-order valence-corrected chi connectivity index (χ1v) is 5.80. The third-order valence-corrected chi connectivity index (χ3v) is 2.55. The maximum absolute atomic E-state index is 12.9. The smallest absolute Gasteiger partial charge is 0.159 e. The molecule has 0 fully saturated rings. The molecule has 0 spiro atoms. The summed E-state index contributed by atoms with van der Waals surface area (Å²) in [5, 5.41) is 3.35. The predicted octanol–water partition coefficient (Wildman–Crippen LogP) is 3.29. The Labute approximate surface area is 95.9 Å². The lowest BCUT2D eigenvalue weighted by Gasteiger charge is -2.13. The summed E-state index contributed by atoms with van der Waals surface area (Å²) in [5.74, 6) is -1.55. The van der Waals surface area contributed by atoms with Crippen molar-refractivity contribution in [1.29, 1.82) is 0 Å². The number of rotatable bonds is 6. The summed E-state index contributed by atoms with van der Waals surface area (Å²) >= 11 is 0. The molecule has 1 rings (SSSR count). The molecule has 1 atom stereocenters. The molecule has 1 aromatic rings. The molecule has 0 radical (unpaired) electrons. The molecule has 1 N–H and O–H groups in total. The van der Waals surface area contributed by atoms with E-state index in [4.69, 9.17) is 0 Å². The molecule has 1 nitrogen and oxygen atoms in total. The molecule has 0 aliphatic carbocycles. The van der Waals surface area contributed by atoms with Crippen LogP contribution in [-0.4, -0.2) is 12.6 Å². The minimum Gasteiger partial charge on any atom is -0.314 e. The van der Waals surface area contributed by atoms with Crippen molar-refractivity contribution in [2.24, 2.45) is 0 Å². The predicted molar refractivity (Wildman–Crippen MR) is 62.4 cm³/mol. The summed E-state index contributed by atoms with van der Waals surface area (Å²) in [4.78, 5) is 0. The van der Waals surface area contributed by atoms with Gasteiger partial charge in [-0.05, 0) is 44.0 Å². The van der Waals surface area contributed by atoms with E-state index in [9.17, 15) is 8.78 Å². The lowest BCUT2D eigenvalue weighted by Crippen LogP contribution is -2.28. The van der Waals surface area contributed by atoms with E-state index in [1.807, 2.05) is 0 Å². The summed E-state index contributed by atoms with van der Waals surface area (Å²) in [6, 6.07) is 4.38. The molecule has 0 aliphatic rings. The van der Waals surface area contributed by atoms with Gasteiger partial charge in [0.15, 0.2) is 11.6 Å². The fraction of sp³-hybridized carbons (Fsp3) is 0.538. The molecule has 16 heavy (non-hydrogen) atoms. The second-order valence-corrected chi connectivity index (χ2v) is 4.16.